The number of halogens is 2. The number of phenols is 2. The van der Waals surface area contributed by atoms with Crippen LogP contribution >= 0.6 is 24.8 Å². The highest BCUT2D eigenvalue weighted by molar-refractivity contribution is 6.33. The van der Waals surface area contributed by atoms with Gasteiger partial charge in [0.1, 0.15) is 47.6 Å². The molecule has 0 radical (unpaired) electrons. The van der Waals surface area contributed by atoms with Gasteiger partial charge in [-0.1, -0.05) is 13.8 Å². The van der Waals surface area contributed by atoms with E-state index in [0.717, 1.165) is 23.3 Å². The highest BCUT2D eigenvalue weighted by atomic mass is 35.5. The van der Waals surface area contributed by atoms with Crippen LogP contribution in [0.1, 0.15) is 73.1 Å². The van der Waals surface area contributed by atoms with Crippen molar-refractivity contribution in [2.45, 2.75) is 38.4 Å². The van der Waals surface area contributed by atoms with E-state index in [1.165, 1.54) is 12.1 Å². The summed E-state index contributed by atoms with van der Waals surface area (Å²) < 4.78 is 29.2. The Morgan fingerprint density at radius 3 is 1.78 bits per heavy atom. The molecule has 340 valence electrons. The van der Waals surface area contributed by atoms with Crippen LogP contribution in [0.25, 0.3) is 0 Å². The van der Waals surface area contributed by atoms with E-state index in [9.17, 15) is 24.6 Å². The summed E-state index contributed by atoms with van der Waals surface area (Å²) in [6.07, 6.45) is 0.474. The first-order valence-electron chi connectivity index (χ1n) is 20.4. The van der Waals surface area contributed by atoms with Crippen molar-refractivity contribution in [1.82, 2.24) is 10.6 Å². The molecule has 4 aromatic carbocycles. The number of hydrogen-bond acceptors (Lipinski definition) is 16. The van der Waals surface area contributed by atoms with E-state index in [4.69, 9.17) is 33.9 Å². The summed E-state index contributed by atoms with van der Waals surface area (Å²) in [6.45, 7) is 7.39. The quantitative estimate of drug-likeness (QED) is 0.0535. The van der Waals surface area contributed by atoms with Gasteiger partial charge in [-0.15, -0.1) is 24.8 Å². The molecule has 0 fully saturated rings. The topological polar surface area (TPSA) is 226 Å². The summed E-state index contributed by atoms with van der Waals surface area (Å²) in [5, 5.41) is 50.6. The van der Waals surface area contributed by atoms with E-state index in [1.54, 1.807) is 32.4 Å². The standard InChI is InChI=1S/C23H24O6.C22H28N4O6.2ClH/c1-11(2)16-8-14-15(28-16)6-5-12-22(24)21-13-7-18(25-3)19(26-4)9-17(13)27-10-20(21)29-23(12)14;27-11-9-23-5-7-25-13-1-2-14(26-8-6-24-10-12-28)18-17(13)21(31)19-15(29)3-4-16(30)20(19)22(18)32;;/h5-7,9,11,16,20-21H,8,10H2,1-4H3;1-4,23-30H,5-12H2;2*1H. The van der Waals surface area contributed by atoms with Gasteiger partial charge in [0.25, 0.3) is 0 Å². The van der Waals surface area contributed by atoms with Crippen molar-refractivity contribution in [1.29, 1.82) is 0 Å². The van der Waals surface area contributed by atoms with Crippen LogP contribution in [-0.2, 0) is 6.42 Å². The van der Waals surface area contributed by atoms with Crippen molar-refractivity contribution in [3.63, 3.8) is 0 Å². The monoisotopic (exact) mass is 912 g/mol. The van der Waals surface area contributed by atoms with Crippen LogP contribution in [-0.4, -0.2) is 123 Å². The Morgan fingerprint density at radius 2 is 1.25 bits per heavy atom. The van der Waals surface area contributed by atoms with Crippen LogP contribution in [0.5, 0.6) is 40.2 Å². The van der Waals surface area contributed by atoms with Crippen molar-refractivity contribution < 1.29 is 58.5 Å². The van der Waals surface area contributed by atoms with Crippen molar-refractivity contribution in [2.75, 3.05) is 83.9 Å². The number of hydrogen-bond donors (Lipinski definition) is 8. The predicted molar refractivity (Wildman–Crippen MR) is 240 cm³/mol. The number of carbonyl (C=O) groups excluding carboxylic acids is 3. The first-order chi connectivity index (χ1) is 29.5. The number of benzene rings is 4. The summed E-state index contributed by atoms with van der Waals surface area (Å²) in [4.78, 5) is 40.3. The van der Waals surface area contributed by atoms with Crippen molar-refractivity contribution in [2.24, 2.45) is 5.92 Å². The van der Waals surface area contributed by atoms with Crippen molar-refractivity contribution >= 4 is 53.5 Å². The number of aliphatic hydroxyl groups is 2. The Hall–Kier alpha value is -5.49. The molecule has 0 aromatic heterocycles. The third-order valence-electron chi connectivity index (χ3n) is 11.2. The zero-order chi connectivity index (χ0) is 43.4. The number of phenolic OH excluding ortho intramolecular Hbond substituents is 2. The third kappa shape index (κ3) is 9.56. The number of ether oxygens (including phenoxy) is 5. The molecular weight excluding hydrogens is 859 g/mol. The molecule has 16 nitrogen and oxygen atoms in total. The van der Waals surface area contributed by atoms with E-state index >= 15 is 0 Å². The fraction of sp³-hybridized carbons (Fsp3) is 0.400. The Balaban J connectivity index is 0.000000231. The predicted octanol–water partition coefficient (Wildman–Crippen LogP) is 4.49. The molecule has 0 amide bonds. The summed E-state index contributed by atoms with van der Waals surface area (Å²) >= 11 is 0. The average molecular weight is 914 g/mol. The summed E-state index contributed by atoms with van der Waals surface area (Å²) in [5.74, 6) is 1.38. The molecule has 3 unspecified atom stereocenters. The smallest absolute Gasteiger partial charge is 0.200 e. The van der Waals surface area contributed by atoms with Gasteiger partial charge in [-0.25, -0.2) is 0 Å². The molecule has 3 atom stereocenters. The maximum Gasteiger partial charge on any atom is 0.200 e. The van der Waals surface area contributed by atoms with Gasteiger partial charge in [0.2, 0.25) is 11.6 Å². The number of aromatic hydroxyl groups is 2. The Labute approximate surface area is 377 Å². The van der Waals surface area contributed by atoms with Gasteiger partial charge in [0.05, 0.1) is 61.2 Å². The van der Waals surface area contributed by atoms with Crippen molar-refractivity contribution in [3.05, 3.63) is 87.5 Å². The summed E-state index contributed by atoms with van der Waals surface area (Å²) in [7, 11) is 3.16. The molecule has 8 N–H and O–H groups in total. The summed E-state index contributed by atoms with van der Waals surface area (Å²) in [5.41, 5.74) is 3.05. The maximum atomic E-state index is 13.5. The molecule has 63 heavy (non-hydrogen) atoms. The molecule has 0 bridgehead atoms. The van der Waals surface area contributed by atoms with Crippen LogP contribution in [0, 0.1) is 5.92 Å². The van der Waals surface area contributed by atoms with Crippen LogP contribution in [0.4, 0.5) is 11.4 Å². The average Bonchev–Trinajstić information content (AvgIpc) is 3.72. The SMILES string of the molecule is COc1cc2c(cc1OC)C1C(=O)c3ccc4c(c3OC1CO2)CC(C(C)C)O4.Cl.Cl.O=C1c2c(O)ccc(O)c2C(=O)c2c(NCCNCCO)ccc(NCCNCCO)c21. The first kappa shape index (κ1) is 48.5. The number of methoxy groups -OCH3 is 2. The molecule has 4 aliphatic rings. The molecular formula is C45H54Cl2N4O12. The van der Waals surface area contributed by atoms with Gasteiger partial charge in [0.15, 0.2) is 17.3 Å². The van der Waals surface area contributed by atoms with E-state index in [1.807, 2.05) is 18.2 Å². The van der Waals surface area contributed by atoms with Gasteiger partial charge in [-0.2, -0.15) is 0 Å². The zero-order valence-corrected chi connectivity index (χ0v) is 37.0. The minimum atomic E-state index is -0.559. The van der Waals surface area contributed by atoms with E-state index in [0.29, 0.717) is 91.7 Å². The van der Waals surface area contributed by atoms with Gasteiger partial charge >= 0.3 is 0 Å². The third-order valence-corrected chi connectivity index (χ3v) is 11.2. The van der Waals surface area contributed by atoms with E-state index in [2.05, 4.69) is 35.1 Å². The van der Waals surface area contributed by atoms with Gasteiger partial charge in [0, 0.05) is 74.3 Å². The van der Waals surface area contributed by atoms with Crippen LogP contribution < -0.4 is 45.0 Å². The Bertz CT molecular complexity index is 2250. The molecule has 3 aliphatic heterocycles. The molecule has 0 spiro atoms. The molecule has 8 rings (SSSR count). The van der Waals surface area contributed by atoms with Gasteiger partial charge in [-0.3, -0.25) is 14.4 Å². The largest absolute Gasteiger partial charge is 0.507 e. The lowest BCUT2D eigenvalue weighted by Crippen LogP contribution is -2.43. The normalized spacial score (nSPS) is 17.3. The number of rotatable bonds is 15. The fourth-order valence-corrected chi connectivity index (χ4v) is 8.10. The lowest BCUT2D eigenvalue weighted by Gasteiger charge is -2.37. The van der Waals surface area contributed by atoms with Crippen LogP contribution in [0.3, 0.4) is 0 Å². The second kappa shape index (κ2) is 21.3. The van der Waals surface area contributed by atoms with Crippen LogP contribution in [0.2, 0.25) is 0 Å². The van der Waals surface area contributed by atoms with Crippen molar-refractivity contribution in [3.8, 4) is 40.2 Å². The zero-order valence-electron chi connectivity index (χ0n) is 35.4. The highest BCUT2D eigenvalue weighted by Crippen LogP contribution is 2.50. The highest BCUT2D eigenvalue weighted by Gasteiger charge is 2.46. The molecule has 1 aliphatic carbocycles. The lowest BCUT2D eigenvalue weighted by atomic mass is 9.81. The maximum absolute atomic E-state index is 13.5. The van der Waals surface area contributed by atoms with E-state index in [-0.39, 0.29) is 89.8 Å². The molecule has 0 saturated heterocycles. The number of ketones is 3. The van der Waals surface area contributed by atoms with E-state index < -0.39 is 17.5 Å². The number of Topliss-reactive ketones (excluding diaryl/α,β-unsaturated/α-hetero) is 1. The lowest BCUT2D eigenvalue weighted by molar-refractivity contribution is 0.0554. The number of carbonyl (C=O) groups is 3. The number of aliphatic hydroxyl groups excluding tert-OH is 2. The van der Waals surface area contributed by atoms with Crippen LogP contribution in [0.15, 0.2) is 48.5 Å². The first-order valence-corrected chi connectivity index (χ1v) is 20.4. The fourth-order valence-electron chi connectivity index (χ4n) is 8.10. The molecule has 0 saturated carbocycles. The minimum Gasteiger partial charge on any atom is -0.507 e. The Morgan fingerprint density at radius 1 is 0.698 bits per heavy atom. The van der Waals surface area contributed by atoms with Gasteiger partial charge in [-0.05, 0) is 48.4 Å². The second-order valence-corrected chi connectivity index (χ2v) is 15.3. The molecule has 3 heterocycles. The number of nitrogens with one attached hydrogen (secondary N) is 4. The Kier molecular flexibility index (Phi) is 16.4. The molecule has 4 aromatic rings. The minimum absolute atomic E-state index is 0. The number of anilines is 2. The molecule has 18 heteroatoms. The van der Waals surface area contributed by atoms with Gasteiger partial charge < -0.3 is 65.4 Å². The number of fused-ring (bicyclic) bond motifs is 8. The second-order valence-electron chi connectivity index (χ2n) is 15.3. The summed E-state index contributed by atoms with van der Waals surface area (Å²) in [6, 6.07) is 13.1.